The number of nitro groups is 1. The lowest BCUT2D eigenvalue weighted by Gasteiger charge is -2.08. The molecule has 0 saturated carbocycles. The first kappa shape index (κ1) is 13.7. The number of hydrogen-bond acceptors (Lipinski definition) is 4. The Hall–Kier alpha value is -1.73. The minimum absolute atomic E-state index is 0.110. The Kier molecular flexibility index (Phi) is 4.28. The number of halogens is 1. The molecule has 0 spiro atoms. The highest BCUT2D eigenvalue weighted by Crippen LogP contribution is 2.24. The second-order valence-electron chi connectivity index (χ2n) is 4.03. The molecule has 0 unspecified atom stereocenters. The molecular weight excluding hydrogens is 312 g/mol. The largest absolute Gasteiger partial charge is 0.329 e. The van der Waals surface area contributed by atoms with Crippen LogP contribution < -0.4 is 5.32 Å². The highest BCUT2D eigenvalue weighted by molar-refractivity contribution is 9.10. The molecule has 6 nitrogen and oxygen atoms in total. The minimum Gasteiger partial charge on any atom is -0.329 e. The van der Waals surface area contributed by atoms with Gasteiger partial charge in [-0.15, -0.1) is 0 Å². The van der Waals surface area contributed by atoms with Crippen LogP contribution in [-0.4, -0.2) is 21.5 Å². The summed E-state index contributed by atoms with van der Waals surface area (Å²) in [6, 6.07) is 5.08. The van der Waals surface area contributed by atoms with Crippen molar-refractivity contribution in [2.24, 2.45) is 0 Å². The van der Waals surface area contributed by atoms with Gasteiger partial charge in [0.25, 0.3) is 5.69 Å². The van der Waals surface area contributed by atoms with E-state index in [2.05, 4.69) is 26.2 Å². The summed E-state index contributed by atoms with van der Waals surface area (Å²) in [4.78, 5) is 14.9. The van der Waals surface area contributed by atoms with Crippen LogP contribution in [0.2, 0.25) is 0 Å². The van der Waals surface area contributed by atoms with Gasteiger partial charge in [-0.1, -0.05) is 15.9 Å². The number of nitrogens with zero attached hydrogens (tertiary/aromatic N) is 3. The Morgan fingerprint density at radius 3 is 3.00 bits per heavy atom. The predicted octanol–water partition coefficient (Wildman–Crippen LogP) is 2.32. The van der Waals surface area contributed by atoms with E-state index in [4.69, 9.17) is 0 Å². The molecule has 100 valence electrons. The maximum Gasteiger partial charge on any atom is 0.275 e. The Morgan fingerprint density at radius 2 is 2.32 bits per heavy atom. The SMILES string of the molecule is CNCc1nccn1Cc1ccc(Br)cc1[N+](=O)[O-]. The lowest BCUT2D eigenvalue weighted by molar-refractivity contribution is -0.385. The van der Waals surface area contributed by atoms with Crippen LogP contribution in [0.3, 0.4) is 0 Å². The van der Waals surface area contributed by atoms with Crippen LogP contribution in [0.25, 0.3) is 0 Å². The number of hydrogen-bond donors (Lipinski definition) is 1. The first-order valence-electron chi connectivity index (χ1n) is 5.69. The van der Waals surface area contributed by atoms with E-state index in [0.29, 0.717) is 23.1 Å². The number of benzene rings is 1. The van der Waals surface area contributed by atoms with E-state index in [1.165, 1.54) is 6.07 Å². The molecule has 2 rings (SSSR count). The fraction of sp³-hybridized carbons (Fsp3) is 0.250. The molecule has 0 radical (unpaired) electrons. The van der Waals surface area contributed by atoms with E-state index in [0.717, 1.165) is 5.82 Å². The molecule has 0 aliphatic rings. The Morgan fingerprint density at radius 1 is 1.53 bits per heavy atom. The van der Waals surface area contributed by atoms with Gasteiger partial charge in [-0.25, -0.2) is 4.98 Å². The van der Waals surface area contributed by atoms with E-state index in [1.807, 2.05) is 17.8 Å². The standard InChI is InChI=1S/C12H13BrN4O2/c1-14-7-12-15-4-5-16(12)8-9-2-3-10(13)6-11(9)17(18)19/h2-6,14H,7-8H2,1H3. The van der Waals surface area contributed by atoms with Crippen molar-refractivity contribution >= 4 is 21.6 Å². The van der Waals surface area contributed by atoms with Crippen molar-refractivity contribution in [3.8, 4) is 0 Å². The van der Waals surface area contributed by atoms with E-state index in [9.17, 15) is 10.1 Å². The molecule has 0 aliphatic heterocycles. The van der Waals surface area contributed by atoms with Gasteiger partial charge in [0.1, 0.15) is 5.82 Å². The van der Waals surface area contributed by atoms with Crippen molar-refractivity contribution in [1.29, 1.82) is 0 Å². The zero-order valence-corrected chi connectivity index (χ0v) is 11.9. The van der Waals surface area contributed by atoms with Crippen molar-refractivity contribution in [2.75, 3.05) is 7.05 Å². The maximum absolute atomic E-state index is 11.1. The van der Waals surface area contributed by atoms with Crippen molar-refractivity contribution in [2.45, 2.75) is 13.1 Å². The van der Waals surface area contributed by atoms with Crippen LogP contribution >= 0.6 is 15.9 Å². The van der Waals surface area contributed by atoms with Crippen LogP contribution in [0.1, 0.15) is 11.4 Å². The van der Waals surface area contributed by atoms with Crippen LogP contribution in [0, 0.1) is 10.1 Å². The molecule has 0 amide bonds. The summed E-state index contributed by atoms with van der Waals surface area (Å²) >= 11 is 3.25. The Bertz CT molecular complexity index is 597. The Labute approximate surface area is 118 Å². The highest BCUT2D eigenvalue weighted by atomic mass is 79.9. The van der Waals surface area contributed by atoms with Gasteiger partial charge in [-0.2, -0.15) is 0 Å². The van der Waals surface area contributed by atoms with E-state index in [1.54, 1.807) is 18.3 Å². The summed E-state index contributed by atoms with van der Waals surface area (Å²) in [5.74, 6) is 0.847. The molecule has 0 saturated heterocycles. The zero-order chi connectivity index (χ0) is 13.8. The lowest BCUT2D eigenvalue weighted by atomic mass is 10.2. The highest BCUT2D eigenvalue weighted by Gasteiger charge is 2.15. The first-order valence-corrected chi connectivity index (χ1v) is 6.48. The second-order valence-corrected chi connectivity index (χ2v) is 4.95. The van der Waals surface area contributed by atoms with Crippen LogP contribution in [0.15, 0.2) is 35.1 Å². The van der Waals surface area contributed by atoms with Gasteiger partial charge in [0.15, 0.2) is 0 Å². The molecule has 0 aliphatic carbocycles. The fourth-order valence-corrected chi connectivity index (χ4v) is 2.18. The monoisotopic (exact) mass is 324 g/mol. The van der Waals surface area contributed by atoms with Crippen molar-refractivity contribution in [3.05, 3.63) is 56.6 Å². The van der Waals surface area contributed by atoms with Gasteiger partial charge < -0.3 is 9.88 Å². The third kappa shape index (κ3) is 3.18. The quantitative estimate of drug-likeness (QED) is 0.676. The molecule has 7 heteroatoms. The molecule has 0 fully saturated rings. The summed E-state index contributed by atoms with van der Waals surface area (Å²) in [5, 5.41) is 14.1. The topological polar surface area (TPSA) is 73.0 Å². The molecular formula is C12H13BrN4O2. The average Bonchev–Trinajstić information content (AvgIpc) is 2.79. The molecule has 1 aromatic carbocycles. The fourth-order valence-electron chi connectivity index (χ4n) is 1.83. The molecule has 19 heavy (non-hydrogen) atoms. The van der Waals surface area contributed by atoms with Crippen molar-refractivity contribution in [1.82, 2.24) is 14.9 Å². The number of rotatable bonds is 5. The third-order valence-corrected chi connectivity index (χ3v) is 3.21. The van der Waals surface area contributed by atoms with Gasteiger partial charge in [0.05, 0.1) is 18.0 Å². The van der Waals surface area contributed by atoms with E-state index < -0.39 is 0 Å². The van der Waals surface area contributed by atoms with Gasteiger partial charge in [0.2, 0.25) is 0 Å². The van der Waals surface area contributed by atoms with Crippen LogP contribution in [0.5, 0.6) is 0 Å². The van der Waals surface area contributed by atoms with Gasteiger partial charge >= 0.3 is 0 Å². The van der Waals surface area contributed by atoms with Crippen molar-refractivity contribution < 1.29 is 4.92 Å². The van der Waals surface area contributed by atoms with Crippen molar-refractivity contribution in [3.63, 3.8) is 0 Å². The first-order chi connectivity index (χ1) is 9.11. The number of nitro benzene ring substituents is 1. The summed E-state index contributed by atoms with van der Waals surface area (Å²) in [5.41, 5.74) is 0.766. The van der Waals surface area contributed by atoms with Crippen LogP contribution in [-0.2, 0) is 13.1 Å². The number of nitrogens with one attached hydrogen (secondary N) is 1. The predicted molar refractivity (Wildman–Crippen MR) is 74.9 cm³/mol. The van der Waals surface area contributed by atoms with Gasteiger partial charge in [-0.05, 0) is 19.2 Å². The van der Waals surface area contributed by atoms with E-state index >= 15 is 0 Å². The zero-order valence-electron chi connectivity index (χ0n) is 10.3. The summed E-state index contributed by atoms with van der Waals surface area (Å²) in [6.07, 6.45) is 3.51. The lowest BCUT2D eigenvalue weighted by Crippen LogP contribution is -2.13. The van der Waals surface area contributed by atoms with Crippen LogP contribution in [0.4, 0.5) is 5.69 Å². The molecule has 0 bridgehead atoms. The molecule has 1 heterocycles. The summed E-state index contributed by atoms with van der Waals surface area (Å²) in [7, 11) is 1.83. The van der Waals surface area contributed by atoms with Gasteiger partial charge in [-0.3, -0.25) is 10.1 Å². The normalized spacial score (nSPS) is 10.6. The Balaban J connectivity index is 2.32. The summed E-state index contributed by atoms with van der Waals surface area (Å²) in [6.45, 7) is 1.05. The molecule has 1 aromatic heterocycles. The summed E-state index contributed by atoms with van der Waals surface area (Å²) < 4.78 is 2.59. The number of imidazole rings is 1. The molecule has 1 N–H and O–H groups in total. The van der Waals surface area contributed by atoms with Gasteiger partial charge in [0, 0.05) is 28.5 Å². The third-order valence-electron chi connectivity index (χ3n) is 2.72. The number of aromatic nitrogens is 2. The maximum atomic E-state index is 11.1. The van der Waals surface area contributed by atoms with E-state index in [-0.39, 0.29) is 10.6 Å². The molecule has 2 aromatic rings. The smallest absolute Gasteiger partial charge is 0.275 e. The molecule has 0 atom stereocenters. The second kappa shape index (κ2) is 5.94. The average molecular weight is 325 g/mol. The minimum atomic E-state index is -0.366.